The number of benzene rings is 1. The van der Waals surface area contributed by atoms with Gasteiger partial charge in [-0.15, -0.1) is 0 Å². The lowest BCUT2D eigenvalue weighted by molar-refractivity contribution is -0.137. The van der Waals surface area contributed by atoms with Crippen LogP contribution >= 0.6 is 0 Å². The highest BCUT2D eigenvalue weighted by Gasteiger charge is 2.34. The third-order valence-electron chi connectivity index (χ3n) is 2.47. The molecule has 1 amide bonds. The average Bonchev–Trinajstić information content (AvgIpc) is 2.40. The first-order chi connectivity index (χ1) is 9.38. The number of aromatic nitrogens is 1. The number of anilines is 1. The first-order valence-electron chi connectivity index (χ1n) is 5.50. The third kappa shape index (κ3) is 3.05. The highest BCUT2D eigenvalue weighted by molar-refractivity contribution is 6.04. The van der Waals surface area contributed by atoms with Crippen LogP contribution in [0.25, 0.3) is 0 Å². The summed E-state index contributed by atoms with van der Waals surface area (Å²) < 4.78 is 38.3. The second-order valence-corrected chi connectivity index (χ2v) is 3.90. The van der Waals surface area contributed by atoms with Gasteiger partial charge in [0, 0.05) is 0 Å². The molecule has 0 aliphatic carbocycles. The topological polar surface area (TPSA) is 62.2 Å². The Morgan fingerprint density at radius 2 is 1.85 bits per heavy atom. The van der Waals surface area contributed by atoms with E-state index in [0.717, 1.165) is 18.3 Å². The first-order valence-corrected chi connectivity index (χ1v) is 5.50. The summed E-state index contributed by atoms with van der Waals surface area (Å²) in [6, 6.07) is 7.01. The second kappa shape index (κ2) is 5.20. The smallest absolute Gasteiger partial charge is 0.417 e. The van der Waals surface area contributed by atoms with Crippen LogP contribution in [0.15, 0.2) is 42.6 Å². The second-order valence-electron chi connectivity index (χ2n) is 3.90. The molecular formula is C13H9F3N2O2. The Morgan fingerprint density at radius 3 is 2.45 bits per heavy atom. The number of hydrogen-bond donors (Lipinski definition) is 2. The molecule has 20 heavy (non-hydrogen) atoms. The van der Waals surface area contributed by atoms with Crippen molar-refractivity contribution in [2.24, 2.45) is 0 Å². The van der Waals surface area contributed by atoms with Crippen molar-refractivity contribution in [1.29, 1.82) is 0 Å². The number of hydrogen-bond acceptors (Lipinski definition) is 3. The fraction of sp³-hybridized carbons (Fsp3) is 0.0769. The zero-order valence-corrected chi connectivity index (χ0v) is 9.98. The van der Waals surface area contributed by atoms with E-state index in [1.807, 2.05) is 0 Å². The van der Waals surface area contributed by atoms with Gasteiger partial charge in [0.25, 0.3) is 5.91 Å². The number of nitrogens with zero attached hydrogens (tertiary/aromatic N) is 1. The van der Waals surface area contributed by atoms with Gasteiger partial charge in [0.15, 0.2) is 0 Å². The molecule has 0 aliphatic rings. The molecule has 7 heteroatoms. The van der Waals surface area contributed by atoms with Gasteiger partial charge in [0.2, 0.25) is 0 Å². The molecule has 2 rings (SSSR count). The quantitative estimate of drug-likeness (QED) is 0.889. The van der Waals surface area contributed by atoms with E-state index in [9.17, 15) is 18.0 Å². The summed E-state index contributed by atoms with van der Waals surface area (Å²) in [4.78, 5) is 15.5. The van der Waals surface area contributed by atoms with E-state index in [2.05, 4.69) is 10.3 Å². The van der Waals surface area contributed by atoms with Gasteiger partial charge in [-0.05, 0) is 24.3 Å². The maximum atomic E-state index is 12.8. The summed E-state index contributed by atoms with van der Waals surface area (Å²) in [5.41, 5.74) is -1.51. The molecule has 0 fully saturated rings. The van der Waals surface area contributed by atoms with Crippen LogP contribution in [0.5, 0.6) is 5.75 Å². The first kappa shape index (κ1) is 13.9. The van der Waals surface area contributed by atoms with Crippen molar-refractivity contribution in [3.05, 3.63) is 53.7 Å². The third-order valence-corrected chi connectivity index (χ3v) is 2.47. The maximum absolute atomic E-state index is 12.8. The number of amides is 1. The van der Waals surface area contributed by atoms with Crippen molar-refractivity contribution in [3.8, 4) is 5.75 Å². The highest BCUT2D eigenvalue weighted by Crippen LogP contribution is 2.32. The van der Waals surface area contributed by atoms with Gasteiger partial charge in [0.05, 0.1) is 17.3 Å². The van der Waals surface area contributed by atoms with Crippen molar-refractivity contribution in [3.63, 3.8) is 0 Å². The molecular weight excluding hydrogens is 273 g/mol. The molecule has 4 nitrogen and oxygen atoms in total. The SMILES string of the molecule is O=C(Nc1ccc(O)cn1)c1ccccc1C(F)(F)F. The van der Waals surface area contributed by atoms with E-state index in [1.165, 1.54) is 24.3 Å². The Bertz CT molecular complexity index is 624. The molecule has 0 saturated heterocycles. The Labute approximate surface area is 111 Å². The molecule has 0 saturated carbocycles. The van der Waals surface area contributed by atoms with E-state index in [4.69, 9.17) is 5.11 Å². The minimum atomic E-state index is -4.61. The van der Waals surface area contributed by atoms with Crippen molar-refractivity contribution < 1.29 is 23.1 Å². The van der Waals surface area contributed by atoms with Gasteiger partial charge in [-0.2, -0.15) is 13.2 Å². The summed E-state index contributed by atoms with van der Waals surface area (Å²) in [5, 5.41) is 11.3. The molecule has 0 unspecified atom stereocenters. The Kier molecular flexibility index (Phi) is 3.60. The number of alkyl halides is 3. The Hall–Kier alpha value is -2.57. The molecule has 2 aromatic rings. The van der Waals surface area contributed by atoms with Crippen LogP contribution in [0.2, 0.25) is 0 Å². The molecule has 2 N–H and O–H groups in total. The number of aromatic hydroxyl groups is 1. The van der Waals surface area contributed by atoms with Crippen LogP contribution in [-0.4, -0.2) is 16.0 Å². The van der Waals surface area contributed by atoms with Gasteiger partial charge in [0.1, 0.15) is 11.6 Å². The van der Waals surface area contributed by atoms with Crippen LogP contribution in [0.1, 0.15) is 15.9 Å². The molecule has 0 atom stereocenters. The summed E-state index contributed by atoms with van der Waals surface area (Å²) >= 11 is 0. The standard InChI is InChI=1S/C13H9F3N2O2/c14-13(15,16)10-4-2-1-3-9(10)12(20)18-11-6-5-8(19)7-17-11/h1-7,19H,(H,17,18,20). The predicted octanol–water partition coefficient (Wildman–Crippen LogP) is 3.06. The van der Waals surface area contributed by atoms with Crippen LogP contribution in [0.3, 0.4) is 0 Å². The van der Waals surface area contributed by atoms with Gasteiger partial charge in [-0.25, -0.2) is 4.98 Å². The van der Waals surface area contributed by atoms with Gasteiger partial charge < -0.3 is 10.4 Å². The largest absolute Gasteiger partial charge is 0.506 e. The van der Waals surface area contributed by atoms with Crippen LogP contribution < -0.4 is 5.32 Å². The summed E-state index contributed by atoms with van der Waals surface area (Å²) in [5.74, 6) is -0.986. The Morgan fingerprint density at radius 1 is 1.15 bits per heavy atom. The number of halogens is 3. The van der Waals surface area contributed by atoms with Crippen molar-refractivity contribution in [1.82, 2.24) is 4.98 Å². The van der Waals surface area contributed by atoms with E-state index in [1.54, 1.807) is 0 Å². The minimum Gasteiger partial charge on any atom is -0.506 e. The number of nitrogens with one attached hydrogen (secondary N) is 1. The van der Waals surface area contributed by atoms with Crippen molar-refractivity contribution in [2.45, 2.75) is 6.18 Å². The van der Waals surface area contributed by atoms with E-state index < -0.39 is 23.2 Å². The maximum Gasteiger partial charge on any atom is 0.417 e. The summed E-state index contributed by atoms with van der Waals surface area (Å²) in [6.45, 7) is 0. The lowest BCUT2D eigenvalue weighted by Crippen LogP contribution is -2.19. The molecule has 104 valence electrons. The van der Waals surface area contributed by atoms with E-state index >= 15 is 0 Å². The average molecular weight is 282 g/mol. The van der Waals surface area contributed by atoms with Gasteiger partial charge >= 0.3 is 6.18 Å². The van der Waals surface area contributed by atoms with Crippen LogP contribution in [-0.2, 0) is 6.18 Å². The van der Waals surface area contributed by atoms with Crippen molar-refractivity contribution >= 4 is 11.7 Å². The number of pyridine rings is 1. The minimum absolute atomic E-state index is 0.0461. The molecule has 0 aliphatic heterocycles. The number of rotatable bonds is 2. The van der Waals surface area contributed by atoms with Crippen molar-refractivity contribution in [2.75, 3.05) is 5.32 Å². The fourth-order valence-corrected chi connectivity index (χ4v) is 1.57. The van der Waals surface area contributed by atoms with E-state index in [-0.39, 0.29) is 11.6 Å². The molecule has 1 aromatic carbocycles. The lowest BCUT2D eigenvalue weighted by atomic mass is 10.1. The predicted molar refractivity (Wildman–Crippen MR) is 65.3 cm³/mol. The zero-order valence-electron chi connectivity index (χ0n) is 9.98. The molecule has 1 aromatic heterocycles. The monoisotopic (exact) mass is 282 g/mol. The van der Waals surface area contributed by atoms with Gasteiger partial charge in [-0.1, -0.05) is 12.1 Å². The molecule has 0 bridgehead atoms. The summed E-state index contributed by atoms with van der Waals surface area (Å²) in [7, 11) is 0. The van der Waals surface area contributed by atoms with Crippen LogP contribution in [0.4, 0.5) is 19.0 Å². The number of carbonyl (C=O) groups is 1. The zero-order chi connectivity index (χ0) is 14.8. The Balaban J connectivity index is 2.28. The summed E-state index contributed by atoms with van der Waals surface area (Å²) in [6.07, 6.45) is -3.54. The molecule has 1 heterocycles. The fourth-order valence-electron chi connectivity index (χ4n) is 1.57. The normalized spacial score (nSPS) is 11.2. The molecule has 0 radical (unpaired) electrons. The highest BCUT2D eigenvalue weighted by atomic mass is 19.4. The lowest BCUT2D eigenvalue weighted by Gasteiger charge is -2.12. The van der Waals surface area contributed by atoms with Gasteiger partial charge in [-0.3, -0.25) is 4.79 Å². The number of carbonyl (C=O) groups excluding carboxylic acids is 1. The van der Waals surface area contributed by atoms with E-state index in [0.29, 0.717) is 0 Å². The molecule has 0 spiro atoms. The van der Waals surface area contributed by atoms with Crippen LogP contribution in [0, 0.1) is 0 Å².